The quantitative estimate of drug-likeness (QED) is 0.824. The van der Waals surface area contributed by atoms with Gasteiger partial charge in [0.2, 0.25) is 0 Å². The van der Waals surface area contributed by atoms with Crippen molar-refractivity contribution in [2.45, 2.75) is 25.3 Å². The Morgan fingerprint density at radius 3 is 2.94 bits per heavy atom. The molecule has 2 rings (SSSR count). The Labute approximate surface area is 113 Å². The van der Waals surface area contributed by atoms with Crippen molar-refractivity contribution in [3.63, 3.8) is 0 Å². The van der Waals surface area contributed by atoms with Crippen LogP contribution >= 0.6 is 12.6 Å². The topological polar surface area (TPSA) is 34.5 Å². The van der Waals surface area contributed by atoms with Crippen LogP contribution in [0.15, 0.2) is 10.9 Å². The van der Waals surface area contributed by atoms with Crippen LogP contribution in [0.25, 0.3) is 0 Å². The third-order valence-corrected chi connectivity index (χ3v) is 3.77. The molecule has 0 unspecified atom stereocenters. The van der Waals surface area contributed by atoms with Crippen LogP contribution in [0.2, 0.25) is 0 Å². The molecule has 1 aromatic heterocycles. The molecule has 0 radical (unpaired) electrons. The van der Waals surface area contributed by atoms with Crippen LogP contribution in [0.5, 0.6) is 0 Å². The van der Waals surface area contributed by atoms with E-state index in [1.165, 1.54) is 11.3 Å². The lowest BCUT2D eigenvalue weighted by Crippen LogP contribution is -2.35. The van der Waals surface area contributed by atoms with E-state index in [1.807, 2.05) is 10.6 Å². The standard InChI is InChI=1S/C13H20N2O2S/c1-14-4-3-12-10(8-14)7-11(9-18)13(16)15(12)5-6-17-2/h7,18H,3-6,8-9H2,1-2H3. The average Bonchev–Trinajstić information content (AvgIpc) is 2.37. The van der Waals surface area contributed by atoms with E-state index in [4.69, 9.17) is 4.74 Å². The molecule has 100 valence electrons. The number of likely N-dealkylation sites (N-methyl/N-ethyl adjacent to an activating group) is 1. The van der Waals surface area contributed by atoms with Gasteiger partial charge in [-0.05, 0) is 18.7 Å². The lowest BCUT2D eigenvalue weighted by atomic mass is 10.0. The smallest absolute Gasteiger partial charge is 0.254 e. The van der Waals surface area contributed by atoms with Gasteiger partial charge in [-0.3, -0.25) is 4.79 Å². The largest absolute Gasteiger partial charge is 0.383 e. The lowest BCUT2D eigenvalue weighted by molar-refractivity contribution is 0.183. The summed E-state index contributed by atoms with van der Waals surface area (Å²) in [4.78, 5) is 14.6. The summed E-state index contributed by atoms with van der Waals surface area (Å²) >= 11 is 4.25. The number of hydrogen-bond donors (Lipinski definition) is 1. The van der Waals surface area contributed by atoms with Gasteiger partial charge < -0.3 is 14.2 Å². The maximum absolute atomic E-state index is 12.3. The highest BCUT2D eigenvalue weighted by molar-refractivity contribution is 7.79. The van der Waals surface area contributed by atoms with Crippen molar-refractivity contribution < 1.29 is 4.74 Å². The number of rotatable bonds is 4. The van der Waals surface area contributed by atoms with Crippen LogP contribution in [-0.4, -0.2) is 36.8 Å². The first-order chi connectivity index (χ1) is 8.67. The Hall–Kier alpha value is -0.780. The van der Waals surface area contributed by atoms with Crippen LogP contribution in [0.4, 0.5) is 0 Å². The second kappa shape index (κ2) is 5.91. The van der Waals surface area contributed by atoms with E-state index in [1.54, 1.807) is 7.11 Å². The van der Waals surface area contributed by atoms with E-state index >= 15 is 0 Å². The molecule has 0 fully saturated rings. The zero-order valence-corrected chi connectivity index (χ0v) is 11.9. The molecule has 0 N–H and O–H groups in total. The Morgan fingerprint density at radius 1 is 1.50 bits per heavy atom. The number of thiol groups is 1. The van der Waals surface area contributed by atoms with Crippen molar-refractivity contribution in [3.8, 4) is 0 Å². The molecule has 0 spiro atoms. The molecular weight excluding hydrogens is 248 g/mol. The van der Waals surface area contributed by atoms with Gasteiger partial charge in [-0.15, -0.1) is 0 Å². The zero-order valence-electron chi connectivity index (χ0n) is 11.0. The predicted molar refractivity (Wildman–Crippen MR) is 75.3 cm³/mol. The van der Waals surface area contributed by atoms with Gasteiger partial charge in [-0.25, -0.2) is 0 Å². The summed E-state index contributed by atoms with van der Waals surface area (Å²) in [6.45, 7) is 3.10. The van der Waals surface area contributed by atoms with Crippen LogP contribution in [0.3, 0.4) is 0 Å². The molecule has 1 aromatic rings. The molecule has 4 nitrogen and oxygen atoms in total. The minimum Gasteiger partial charge on any atom is -0.383 e. The summed E-state index contributed by atoms with van der Waals surface area (Å²) < 4.78 is 6.97. The van der Waals surface area contributed by atoms with Gasteiger partial charge in [0.15, 0.2) is 0 Å². The maximum atomic E-state index is 12.3. The summed E-state index contributed by atoms with van der Waals surface area (Å²) in [5, 5.41) is 0. The van der Waals surface area contributed by atoms with E-state index in [2.05, 4.69) is 24.6 Å². The van der Waals surface area contributed by atoms with Crippen LogP contribution in [0, 0.1) is 0 Å². The van der Waals surface area contributed by atoms with Crippen LogP contribution in [0.1, 0.15) is 16.8 Å². The molecule has 1 aliphatic rings. The number of methoxy groups -OCH3 is 1. The fourth-order valence-corrected chi connectivity index (χ4v) is 2.68. The van der Waals surface area contributed by atoms with Gasteiger partial charge >= 0.3 is 0 Å². The lowest BCUT2D eigenvalue weighted by Gasteiger charge is -2.28. The van der Waals surface area contributed by atoms with Crippen molar-refractivity contribution >= 4 is 12.6 Å². The molecule has 1 aliphatic heterocycles. The number of fused-ring (bicyclic) bond motifs is 1. The summed E-state index contributed by atoms with van der Waals surface area (Å²) in [5.41, 5.74) is 3.29. The van der Waals surface area contributed by atoms with E-state index in [0.29, 0.717) is 18.9 Å². The van der Waals surface area contributed by atoms with Crippen molar-refractivity contribution in [1.29, 1.82) is 0 Å². The van der Waals surface area contributed by atoms with Crippen LogP contribution in [-0.2, 0) is 30.0 Å². The number of ether oxygens (including phenoxy) is 1. The van der Waals surface area contributed by atoms with Gasteiger partial charge in [-0.1, -0.05) is 0 Å². The molecule has 18 heavy (non-hydrogen) atoms. The third-order valence-electron chi connectivity index (χ3n) is 3.42. The Morgan fingerprint density at radius 2 is 2.28 bits per heavy atom. The molecule has 0 aromatic carbocycles. The first-order valence-corrected chi connectivity index (χ1v) is 6.83. The highest BCUT2D eigenvalue weighted by Gasteiger charge is 2.19. The summed E-state index contributed by atoms with van der Waals surface area (Å²) in [6.07, 6.45) is 0.928. The Kier molecular flexibility index (Phi) is 4.48. The van der Waals surface area contributed by atoms with E-state index in [9.17, 15) is 4.79 Å². The molecular formula is C13H20N2O2S. The minimum absolute atomic E-state index is 0.0883. The molecule has 0 aliphatic carbocycles. The molecule has 2 heterocycles. The second-order valence-electron chi connectivity index (χ2n) is 4.74. The maximum Gasteiger partial charge on any atom is 0.254 e. The normalized spacial score (nSPS) is 15.7. The Balaban J connectivity index is 2.47. The number of hydrogen-bond acceptors (Lipinski definition) is 4. The molecule has 0 atom stereocenters. The molecule has 0 bridgehead atoms. The minimum atomic E-state index is 0.0883. The second-order valence-corrected chi connectivity index (χ2v) is 5.05. The summed E-state index contributed by atoms with van der Waals surface area (Å²) in [7, 11) is 3.77. The fourth-order valence-electron chi connectivity index (χ4n) is 2.46. The van der Waals surface area contributed by atoms with Gasteiger partial charge in [0, 0.05) is 50.2 Å². The van der Waals surface area contributed by atoms with Crippen molar-refractivity contribution in [1.82, 2.24) is 9.47 Å². The predicted octanol–water partition coefficient (Wildman–Crippen LogP) is 0.912. The van der Waals surface area contributed by atoms with E-state index < -0.39 is 0 Å². The third kappa shape index (κ3) is 2.63. The first-order valence-electron chi connectivity index (χ1n) is 6.20. The Bertz CT molecular complexity index is 485. The summed E-state index contributed by atoms with van der Waals surface area (Å²) in [6, 6.07) is 2.02. The van der Waals surface area contributed by atoms with Gasteiger partial charge in [-0.2, -0.15) is 12.6 Å². The molecule has 0 amide bonds. The monoisotopic (exact) mass is 268 g/mol. The van der Waals surface area contributed by atoms with E-state index in [-0.39, 0.29) is 5.56 Å². The van der Waals surface area contributed by atoms with Gasteiger partial charge in [0.1, 0.15) is 0 Å². The number of pyridine rings is 1. The van der Waals surface area contributed by atoms with Crippen molar-refractivity contribution in [2.24, 2.45) is 0 Å². The summed E-state index contributed by atoms with van der Waals surface area (Å²) in [5.74, 6) is 0.489. The first kappa shape index (κ1) is 13.6. The molecule has 0 saturated carbocycles. The van der Waals surface area contributed by atoms with E-state index in [0.717, 1.165) is 25.1 Å². The molecule has 0 saturated heterocycles. The molecule has 5 heteroatoms. The average molecular weight is 268 g/mol. The SMILES string of the molecule is COCCn1c2c(cc(CS)c1=O)CN(C)CC2. The fraction of sp³-hybridized carbons (Fsp3) is 0.615. The zero-order chi connectivity index (χ0) is 13.1. The van der Waals surface area contributed by atoms with Crippen LogP contribution < -0.4 is 5.56 Å². The van der Waals surface area contributed by atoms with Crippen molar-refractivity contribution in [2.75, 3.05) is 27.3 Å². The highest BCUT2D eigenvalue weighted by Crippen LogP contribution is 2.18. The van der Waals surface area contributed by atoms with Gasteiger partial charge in [0.05, 0.1) is 6.61 Å². The van der Waals surface area contributed by atoms with Crippen molar-refractivity contribution in [3.05, 3.63) is 33.2 Å². The highest BCUT2D eigenvalue weighted by atomic mass is 32.1. The number of aromatic nitrogens is 1. The van der Waals surface area contributed by atoms with Gasteiger partial charge in [0.25, 0.3) is 5.56 Å². The number of nitrogens with zero attached hydrogens (tertiary/aromatic N) is 2.